The summed E-state index contributed by atoms with van der Waals surface area (Å²) in [6.45, 7) is 1.19. The maximum atomic E-state index is 15.0. The number of aromatic nitrogens is 1. The zero-order valence-electron chi connectivity index (χ0n) is 23.6. The van der Waals surface area contributed by atoms with Gasteiger partial charge in [-0.15, -0.1) is 0 Å². The third kappa shape index (κ3) is 6.88. The summed E-state index contributed by atoms with van der Waals surface area (Å²) in [5, 5.41) is 7.55. The Kier molecular flexibility index (Phi) is 8.53. The molecule has 3 aromatic rings. The van der Waals surface area contributed by atoms with E-state index in [0.29, 0.717) is 24.8 Å². The van der Waals surface area contributed by atoms with Crippen molar-refractivity contribution in [2.75, 3.05) is 43.1 Å². The van der Waals surface area contributed by atoms with Crippen molar-refractivity contribution >= 4 is 35.0 Å². The number of urea groups is 1. The van der Waals surface area contributed by atoms with Crippen LogP contribution in [-0.4, -0.2) is 65.9 Å². The number of rotatable bonds is 8. The molecule has 2 heterocycles. The molecule has 10 nitrogen and oxygen atoms in total. The lowest BCUT2D eigenvalue weighted by atomic mass is 10.0. The van der Waals surface area contributed by atoms with Crippen LogP contribution in [0.5, 0.6) is 11.5 Å². The molecule has 5 rings (SSSR count). The van der Waals surface area contributed by atoms with Gasteiger partial charge in [0.15, 0.2) is 17.4 Å². The zero-order chi connectivity index (χ0) is 30.7. The van der Waals surface area contributed by atoms with Gasteiger partial charge in [0.2, 0.25) is 11.8 Å². The molecule has 3 N–H and O–H groups in total. The van der Waals surface area contributed by atoms with Crippen LogP contribution in [0.15, 0.2) is 54.7 Å². The highest BCUT2D eigenvalue weighted by Gasteiger charge is 2.56. The molecule has 0 spiro atoms. The van der Waals surface area contributed by atoms with E-state index in [1.165, 1.54) is 30.5 Å². The summed E-state index contributed by atoms with van der Waals surface area (Å²) in [4.78, 5) is 46.3. The first kappa shape index (κ1) is 29.8. The number of hydrogen-bond acceptors (Lipinski definition) is 6. The van der Waals surface area contributed by atoms with Gasteiger partial charge in [-0.2, -0.15) is 0 Å². The smallest absolute Gasteiger partial charge is 0.323 e. The Morgan fingerprint density at radius 1 is 0.907 bits per heavy atom. The Hall–Kier alpha value is -4.65. The first-order valence-corrected chi connectivity index (χ1v) is 13.8. The number of benzene rings is 2. The maximum absolute atomic E-state index is 15.0. The molecule has 4 amide bonds. The van der Waals surface area contributed by atoms with Crippen molar-refractivity contribution in [3.05, 3.63) is 72.2 Å². The van der Waals surface area contributed by atoms with Gasteiger partial charge in [-0.1, -0.05) is 0 Å². The van der Waals surface area contributed by atoms with Crippen LogP contribution in [0.25, 0.3) is 0 Å². The minimum absolute atomic E-state index is 0.0982. The summed E-state index contributed by atoms with van der Waals surface area (Å²) in [5.41, 5.74) is -1.61. The van der Waals surface area contributed by atoms with Gasteiger partial charge >= 0.3 is 6.03 Å². The molecule has 1 aliphatic carbocycles. The maximum Gasteiger partial charge on any atom is 0.323 e. The quantitative estimate of drug-likeness (QED) is 0.308. The van der Waals surface area contributed by atoms with Crippen molar-refractivity contribution in [3.8, 4) is 11.5 Å². The van der Waals surface area contributed by atoms with E-state index in [1.807, 2.05) is 14.1 Å². The van der Waals surface area contributed by atoms with E-state index in [-0.39, 0.29) is 30.4 Å². The summed E-state index contributed by atoms with van der Waals surface area (Å²) >= 11 is 0. The lowest BCUT2D eigenvalue weighted by Gasteiger charge is -2.35. The molecule has 1 aliphatic heterocycles. The fourth-order valence-electron chi connectivity index (χ4n) is 4.85. The minimum atomic E-state index is -1.45. The van der Waals surface area contributed by atoms with Crippen molar-refractivity contribution in [1.29, 1.82) is 0 Å². The molecule has 0 unspecified atom stereocenters. The lowest BCUT2D eigenvalue weighted by Crippen LogP contribution is -2.46. The van der Waals surface area contributed by atoms with Crippen molar-refractivity contribution in [2.45, 2.75) is 31.7 Å². The molecule has 0 bridgehead atoms. The molecule has 2 fully saturated rings. The molecule has 13 heteroatoms. The number of ether oxygens (including phenoxy) is 1. The Morgan fingerprint density at radius 3 is 2.23 bits per heavy atom. The highest BCUT2D eigenvalue weighted by Crippen LogP contribution is 2.47. The summed E-state index contributed by atoms with van der Waals surface area (Å²) in [6.07, 6.45) is 3.49. The monoisotopic (exact) mass is 596 g/mol. The van der Waals surface area contributed by atoms with Gasteiger partial charge in [0.25, 0.3) is 0 Å². The highest BCUT2D eigenvalue weighted by molar-refractivity contribution is 6.17. The standard InChI is InChI=1S/C30H31F3N6O4/c1-38(2)20-8-13-39(14-9-20)29(42)37-26-15-21(7-12-34-26)43-25-17-22(32)24(16-23(25)33)36-28(41)30(10-11-30)27(40)35-19-5-3-18(31)4-6-19/h3-7,12,15-17,20H,8-11,13-14H2,1-2H3,(H,35,40)(H,36,41)(H,34,37,42). The topological polar surface area (TPSA) is 116 Å². The molecular formula is C30H31F3N6O4. The van der Waals surface area contributed by atoms with Crippen molar-refractivity contribution < 1.29 is 32.3 Å². The summed E-state index contributed by atoms with van der Waals surface area (Å²) in [7, 11) is 4.02. The number of likely N-dealkylation sites (tertiary alicyclic amines) is 1. The average molecular weight is 597 g/mol. The summed E-state index contributed by atoms with van der Waals surface area (Å²) < 4.78 is 48.6. The van der Waals surface area contributed by atoms with Crippen molar-refractivity contribution in [2.24, 2.45) is 5.41 Å². The predicted octanol–water partition coefficient (Wildman–Crippen LogP) is 5.21. The van der Waals surface area contributed by atoms with Crippen LogP contribution in [0.4, 0.5) is 35.2 Å². The number of nitrogens with one attached hydrogen (secondary N) is 3. The molecule has 0 radical (unpaired) electrons. The van der Waals surface area contributed by atoms with Crippen molar-refractivity contribution in [1.82, 2.24) is 14.8 Å². The minimum Gasteiger partial charge on any atom is -0.454 e. The number of hydrogen-bond donors (Lipinski definition) is 3. The number of carbonyl (C=O) groups excluding carboxylic acids is 3. The number of carbonyl (C=O) groups is 3. The van der Waals surface area contributed by atoms with E-state index in [1.54, 1.807) is 4.90 Å². The number of halogens is 3. The molecular weight excluding hydrogens is 565 g/mol. The van der Waals surface area contributed by atoms with Gasteiger partial charge in [-0.05, 0) is 70.1 Å². The second kappa shape index (κ2) is 12.3. The van der Waals surface area contributed by atoms with Gasteiger partial charge in [0, 0.05) is 49.2 Å². The Balaban J connectivity index is 1.20. The lowest BCUT2D eigenvalue weighted by molar-refractivity contribution is -0.131. The van der Waals surface area contributed by atoms with E-state index < -0.39 is 46.1 Å². The van der Waals surface area contributed by atoms with E-state index in [0.717, 1.165) is 37.1 Å². The predicted molar refractivity (Wildman–Crippen MR) is 153 cm³/mol. The van der Waals surface area contributed by atoms with Gasteiger partial charge < -0.3 is 25.2 Å². The molecule has 0 atom stereocenters. The second-order valence-electron chi connectivity index (χ2n) is 10.9. The average Bonchev–Trinajstić information content (AvgIpc) is 3.80. The van der Waals surface area contributed by atoms with E-state index >= 15 is 0 Å². The van der Waals surface area contributed by atoms with Crippen LogP contribution in [0.1, 0.15) is 25.7 Å². The molecule has 226 valence electrons. The fourth-order valence-corrected chi connectivity index (χ4v) is 4.85. The second-order valence-corrected chi connectivity index (χ2v) is 10.9. The molecule has 43 heavy (non-hydrogen) atoms. The van der Waals surface area contributed by atoms with Gasteiger partial charge in [0.1, 0.15) is 22.8 Å². The first-order valence-electron chi connectivity index (χ1n) is 13.8. The summed E-state index contributed by atoms with van der Waals surface area (Å²) in [6, 6.07) is 9.46. The molecule has 1 aromatic heterocycles. The number of nitrogens with zero attached hydrogens (tertiary/aromatic N) is 3. The number of pyridine rings is 1. The molecule has 1 saturated carbocycles. The third-order valence-corrected chi connectivity index (χ3v) is 7.67. The van der Waals surface area contributed by atoms with Crippen LogP contribution >= 0.6 is 0 Å². The molecule has 2 aliphatic rings. The molecule has 1 saturated heterocycles. The van der Waals surface area contributed by atoms with Crippen LogP contribution in [0.3, 0.4) is 0 Å². The first-order chi connectivity index (χ1) is 20.5. The van der Waals surface area contributed by atoms with Gasteiger partial charge in [0.05, 0.1) is 5.69 Å². The Morgan fingerprint density at radius 2 is 1.58 bits per heavy atom. The third-order valence-electron chi connectivity index (χ3n) is 7.67. The largest absolute Gasteiger partial charge is 0.454 e. The van der Waals surface area contributed by atoms with Crippen LogP contribution in [-0.2, 0) is 9.59 Å². The number of anilines is 3. The normalized spacial score (nSPS) is 16.0. The van der Waals surface area contributed by atoms with Crippen LogP contribution in [0.2, 0.25) is 0 Å². The SMILES string of the molecule is CN(C)C1CCN(C(=O)Nc2cc(Oc3cc(F)c(NC(=O)C4(C(=O)Nc5ccc(F)cc5)CC4)cc3F)ccn2)CC1. The van der Waals surface area contributed by atoms with E-state index in [9.17, 15) is 27.6 Å². The van der Waals surface area contributed by atoms with Gasteiger partial charge in [-0.25, -0.2) is 22.9 Å². The number of amides is 4. The fraction of sp³-hybridized carbons (Fsp3) is 0.333. The number of piperidine rings is 1. The van der Waals surface area contributed by atoms with E-state index in [4.69, 9.17) is 4.74 Å². The van der Waals surface area contributed by atoms with Crippen molar-refractivity contribution in [3.63, 3.8) is 0 Å². The zero-order valence-corrected chi connectivity index (χ0v) is 23.6. The van der Waals surface area contributed by atoms with E-state index in [2.05, 4.69) is 25.8 Å². The van der Waals surface area contributed by atoms with Crippen LogP contribution in [0, 0.1) is 22.9 Å². The van der Waals surface area contributed by atoms with Gasteiger partial charge in [-0.3, -0.25) is 14.9 Å². The molecule has 2 aromatic carbocycles. The van der Waals surface area contributed by atoms with Crippen LogP contribution < -0.4 is 20.7 Å². The summed E-state index contributed by atoms with van der Waals surface area (Å²) in [5.74, 6) is -4.04. The Labute approximate surface area is 246 Å². The highest BCUT2D eigenvalue weighted by atomic mass is 19.1. The Bertz CT molecular complexity index is 1520.